The van der Waals surface area contributed by atoms with Gasteiger partial charge in [-0.1, -0.05) is 48.2 Å². The first-order chi connectivity index (χ1) is 14.4. The summed E-state index contributed by atoms with van der Waals surface area (Å²) in [4.78, 5) is 20.4. The fraction of sp³-hybridized carbons (Fsp3) is 0.143. The van der Waals surface area contributed by atoms with Gasteiger partial charge in [0.1, 0.15) is 5.84 Å². The van der Waals surface area contributed by atoms with Crippen LogP contribution >= 0.6 is 39.6 Å². The molecule has 2 aromatic carbocycles. The Morgan fingerprint density at radius 2 is 2.00 bits per heavy atom. The summed E-state index contributed by atoms with van der Waals surface area (Å²) >= 11 is 6.23. The number of nitrogens with one attached hydrogen (secondary N) is 1. The minimum Gasteiger partial charge on any atom is -0.377 e. The molecule has 30 heavy (non-hydrogen) atoms. The van der Waals surface area contributed by atoms with Crippen LogP contribution in [0.25, 0.3) is 6.08 Å². The third-order valence-electron chi connectivity index (χ3n) is 4.47. The van der Waals surface area contributed by atoms with E-state index in [1.165, 1.54) is 17.3 Å². The number of hydrogen-bond acceptors (Lipinski definition) is 6. The number of aliphatic imine (C=N–C) groups is 1. The fourth-order valence-electron chi connectivity index (χ4n) is 2.96. The Kier molecular flexibility index (Phi) is 6.12. The van der Waals surface area contributed by atoms with Crippen molar-refractivity contribution >= 4 is 73.5 Å². The first kappa shape index (κ1) is 20.9. The van der Waals surface area contributed by atoms with Crippen molar-refractivity contribution < 1.29 is 4.79 Å². The molecule has 4 rings (SSSR count). The Labute approximate surface area is 191 Å². The van der Waals surface area contributed by atoms with E-state index in [9.17, 15) is 4.79 Å². The van der Waals surface area contributed by atoms with Gasteiger partial charge in [-0.15, -0.1) is 0 Å². The summed E-state index contributed by atoms with van der Waals surface area (Å²) in [5.74, 6) is 0.404. The fourth-order valence-corrected chi connectivity index (χ4v) is 5.51. The van der Waals surface area contributed by atoms with E-state index in [0.29, 0.717) is 10.3 Å². The van der Waals surface area contributed by atoms with Gasteiger partial charge in [-0.3, -0.25) is 10.2 Å². The van der Waals surface area contributed by atoms with E-state index in [0.717, 1.165) is 33.4 Å². The maximum atomic E-state index is 12.6. The predicted octanol–water partition coefficient (Wildman–Crippen LogP) is 5.03. The minimum atomic E-state index is -0.420. The standard InChI is InChI=1S/C21H18BrN5OS2/c1-26(2)17-9-8-14(11-16(17)22)10-15-18(23)27-20(24-19(15)28)30-25-21(27)29-12-13-6-4-3-5-7-13/h3-11,23H,12H2,1-2H3. The van der Waals surface area contributed by atoms with Crippen molar-refractivity contribution in [1.29, 1.82) is 5.41 Å². The monoisotopic (exact) mass is 499 g/mol. The van der Waals surface area contributed by atoms with Gasteiger partial charge in [0.05, 0.1) is 23.2 Å². The van der Waals surface area contributed by atoms with E-state index in [4.69, 9.17) is 5.41 Å². The molecule has 0 saturated heterocycles. The number of fused-ring (bicyclic) bond motifs is 1. The Bertz CT molecular complexity index is 1110. The van der Waals surface area contributed by atoms with Gasteiger partial charge in [-0.2, -0.15) is 9.39 Å². The number of rotatable bonds is 4. The average molecular weight is 500 g/mol. The Hall–Kier alpha value is -2.36. The molecule has 152 valence electrons. The van der Waals surface area contributed by atoms with E-state index in [1.807, 2.05) is 55.4 Å². The molecule has 6 nitrogen and oxygen atoms in total. The molecule has 2 aromatic rings. The third-order valence-corrected chi connectivity index (χ3v) is 6.93. The number of anilines is 1. The van der Waals surface area contributed by atoms with Crippen molar-refractivity contribution in [3.63, 3.8) is 0 Å². The smallest absolute Gasteiger partial charge is 0.283 e. The van der Waals surface area contributed by atoms with Crippen LogP contribution in [0, 0.1) is 5.41 Å². The van der Waals surface area contributed by atoms with Crippen molar-refractivity contribution in [2.75, 3.05) is 19.0 Å². The van der Waals surface area contributed by atoms with Gasteiger partial charge in [0.25, 0.3) is 5.91 Å². The second-order valence-electron chi connectivity index (χ2n) is 6.79. The number of benzene rings is 2. The number of hydrogen-bond donors (Lipinski definition) is 1. The molecule has 1 N–H and O–H groups in total. The zero-order valence-electron chi connectivity index (χ0n) is 16.3. The van der Waals surface area contributed by atoms with E-state index in [2.05, 4.69) is 37.5 Å². The largest absolute Gasteiger partial charge is 0.377 e. The molecule has 0 aliphatic carbocycles. The zero-order valence-corrected chi connectivity index (χ0v) is 19.5. The molecule has 0 spiro atoms. The summed E-state index contributed by atoms with van der Waals surface area (Å²) in [5, 5.41) is 9.75. The number of carbonyl (C=O) groups is 1. The number of amides is 1. The maximum Gasteiger partial charge on any atom is 0.283 e. The molecule has 0 fully saturated rings. The van der Waals surface area contributed by atoms with Gasteiger partial charge in [-0.05, 0) is 45.3 Å². The Balaban J connectivity index is 1.58. The van der Waals surface area contributed by atoms with Gasteiger partial charge in [0.2, 0.25) is 5.17 Å². The molecular formula is C21H18BrN5OS2. The minimum absolute atomic E-state index is 0.0992. The molecule has 9 heteroatoms. The first-order valence-electron chi connectivity index (χ1n) is 9.06. The van der Waals surface area contributed by atoms with Crippen molar-refractivity contribution in [2.24, 2.45) is 9.39 Å². The van der Waals surface area contributed by atoms with Crippen LogP contribution in [0.1, 0.15) is 11.1 Å². The maximum absolute atomic E-state index is 12.6. The van der Waals surface area contributed by atoms with E-state index in [-0.39, 0.29) is 11.4 Å². The lowest BCUT2D eigenvalue weighted by Gasteiger charge is -2.24. The lowest BCUT2D eigenvalue weighted by Crippen LogP contribution is -2.41. The van der Waals surface area contributed by atoms with Gasteiger partial charge in [0, 0.05) is 24.3 Å². The number of nitrogens with zero attached hydrogens (tertiary/aromatic N) is 4. The summed E-state index contributed by atoms with van der Waals surface area (Å²) in [6, 6.07) is 15.9. The van der Waals surface area contributed by atoms with Crippen LogP contribution in [-0.4, -0.2) is 41.1 Å². The molecule has 1 amide bonds. The number of amidine groups is 3. The van der Waals surface area contributed by atoms with Crippen molar-refractivity contribution in [1.82, 2.24) is 4.90 Å². The van der Waals surface area contributed by atoms with Crippen molar-refractivity contribution in [2.45, 2.75) is 5.75 Å². The Morgan fingerprint density at radius 3 is 2.70 bits per heavy atom. The molecule has 0 unspecified atom stereocenters. The normalized spacial score (nSPS) is 17.2. The summed E-state index contributed by atoms with van der Waals surface area (Å²) in [5.41, 5.74) is 3.27. The molecule has 0 radical (unpaired) electrons. The summed E-state index contributed by atoms with van der Waals surface area (Å²) in [6.45, 7) is 0. The van der Waals surface area contributed by atoms with Gasteiger partial charge in [0.15, 0.2) is 5.17 Å². The SMILES string of the molecule is CN(C)c1ccc(C=C2C(=N)N3C(SCc4ccccc4)=NSC3=NC2=O)cc1Br. The summed E-state index contributed by atoms with van der Waals surface area (Å²) in [6.07, 6.45) is 1.71. The highest BCUT2D eigenvalue weighted by molar-refractivity contribution is 9.10. The van der Waals surface area contributed by atoms with Crippen LogP contribution in [0.2, 0.25) is 0 Å². The van der Waals surface area contributed by atoms with Crippen LogP contribution in [0.4, 0.5) is 5.69 Å². The zero-order chi connectivity index (χ0) is 21.3. The third kappa shape index (κ3) is 4.23. The van der Waals surface area contributed by atoms with Crippen LogP contribution < -0.4 is 4.90 Å². The van der Waals surface area contributed by atoms with Gasteiger partial charge in [-0.25, -0.2) is 4.90 Å². The number of thioether (sulfide) groups is 1. The number of carbonyl (C=O) groups excluding carboxylic acids is 1. The van der Waals surface area contributed by atoms with Crippen molar-refractivity contribution in [3.05, 3.63) is 69.7 Å². The highest BCUT2D eigenvalue weighted by atomic mass is 79.9. The molecular weight excluding hydrogens is 482 g/mol. The van der Waals surface area contributed by atoms with Crippen molar-refractivity contribution in [3.8, 4) is 0 Å². The Morgan fingerprint density at radius 1 is 1.23 bits per heavy atom. The van der Waals surface area contributed by atoms with E-state index >= 15 is 0 Å². The van der Waals surface area contributed by atoms with E-state index < -0.39 is 5.91 Å². The highest BCUT2D eigenvalue weighted by Gasteiger charge is 2.37. The van der Waals surface area contributed by atoms with Gasteiger partial charge < -0.3 is 4.90 Å². The highest BCUT2D eigenvalue weighted by Crippen LogP contribution is 2.33. The lowest BCUT2D eigenvalue weighted by molar-refractivity contribution is -0.114. The quantitative estimate of drug-likeness (QED) is 0.471. The lowest BCUT2D eigenvalue weighted by atomic mass is 10.1. The average Bonchev–Trinajstić information content (AvgIpc) is 3.13. The van der Waals surface area contributed by atoms with Crippen LogP contribution in [-0.2, 0) is 10.5 Å². The van der Waals surface area contributed by atoms with Gasteiger partial charge >= 0.3 is 0 Å². The molecule has 2 aliphatic heterocycles. The molecule has 0 saturated carbocycles. The molecule has 2 aliphatic rings. The number of halogens is 1. The van der Waals surface area contributed by atoms with Crippen LogP contribution in [0.15, 0.2) is 68.0 Å². The molecule has 2 heterocycles. The van der Waals surface area contributed by atoms with Crippen LogP contribution in [0.5, 0.6) is 0 Å². The molecule has 0 bridgehead atoms. The summed E-state index contributed by atoms with van der Waals surface area (Å²) in [7, 11) is 3.93. The summed E-state index contributed by atoms with van der Waals surface area (Å²) < 4.78 is 5.34. The molecule has 0 aromatic heterocycles. The second-order valence-corrected chi connectivity index (χ2v) is 9.31. The first-order valence-corrected chi connectivity index (χ1v) is 11.6. The topological polar surface area (TPSA) is 72.1 Å². The predicted molar refractivity (Wildman–Crippen MR) is 131 cm³/mol. The molecule has 0 atom stereocenters. The van der Waals surface area contributed by atoms with E-state index in [1.54, 1.807) is 11.0 Å². The van der Waals surface area contributed by atoms with Crippen LogP contribution in [0.3, 0.4) is 0 Å². The second kappa shape index (κ2) is 8.79.